The molecule has 3 aromatic carbocycles. The van der Waals surface area contributed by atoms with E-state index in [0.717, 1.165) is 22.9 Å². The van der Waals surface area contributed by atoms with Crippen molar-refractivity contribution in [1.82, 2.24) is 9.78 Å². The molecule has 1 aromatic heterocycles. The summed E-state index contributed by atoms with van der Waals surface area (Å²) in [6.07, 6.45) is -4.85. The highest BCUT2D eigenvalue weighted by molar-refractivity contribution is 6.31. The number of amides is 1. The quantitative estimate of drug-likeness (QED) is 0.136. The van der Waals surface area contributed by atoms with Crippen molar-refractivity contribution >= 4 is 46.6 Å². The van der Waals surface area contributed by atoms with Gasteiger partial charge in [-0.25, -0.2) is 9.07 Å². The lowest BCUT2D eigenvalue weighted by molar-refractivity contribution is -0.141. The lowest BCUT2D eigenvalue weighted by Crippen LogP contribution is -2.25. The maximum absolute atomic E-state index is 14.0. The molecule has 39 heavy (non-hydrogen) atoms. The van der Waals surface area contributed by atoms with Crippen molar-refractivity contribution in [3.63, 3.8) is 0 Å². The largest absolute Gasteiger partial charge is 0.508 e. The van der Waals surface area contributed by atoms with Gasteiger partial charge in [-0.05, 0) is 36.4 Å². The number of nitrogens with zero attached hydrogens (tertiary/aromatic N) is 3. The number of guanidine groups is 1. The smallest absolute Gasteiger partial charge is 0.435 e. The average Bonchev–Trinajstić information content (AvgIpc) is 3.27. The van der Waals surface area contributed by atoms with E-state index in [9.17, 15) is 27.5 Å². The maximum Gasteiger partial charge on any atom is 0.435 e. The number of rotatable bonds is 5. The summed E-state index contributed by atoms with van der Waals surface area (Å²) in [6.45, 7) is 0. The van der Waals surface area contributed by atoms with Crippen molar-refractivity contribution in [3.05, 3.63) is 93.8 Å². The van der Waals surface area contributed by atoms with Crippen molar-refractivity contribution in [2.24, 2.45) is 4.99 Å². The number of phenols is 1. The Kier molecular flexibility index (Phi) is 7.98. The number of phenolic OH excluding ortho intramolecular Hbond substituents is 1. The fourth-order valence-corrected chi connectivity index (χ4v) is 3.78. The zero-order valence-electron chi connectivity index (χ0n) is 19.7. The molecular weight excluding hydrogens is 565 g/mol. The Morgan fingerprint density at radius 2 is 1.79 bits per heavy atom. The first-order valence-electron chi connectivity index (χ1n) is 10.9. The number of carbonyl (C=O) groups is 1. The van der Waals surface area contributed by atoms with E-state index in [2.05, 4.69) is 20.7 Å². The van der Waals surface area contributed by atoms with Crippen molar-refractivity contribution in [3.8, 4) is 17.2 Å². The molecule has 0 aliphatic rings. The highest BCUT2D eigenvalue weighted by Gasteiger charge is 2.35. The van der Waals surface area contributed by atoms with Crippen LogP contribution in [0.4, 0.5) is 29.1 Å². The third-order valence-corrected chi connectivity index (χ3v) is 5.47. The Balaban J connectivity index is 1.82. The molecule has 1 heterocycles. The molecule has 202 valence electrons. The molecule has 4 aromatic rings. The van der Waals surface area contributed by atoms with Crippen LogP contribution in [0.3, 0.4) is 0 Å². The number of hydrogen-bond acceptors (Lipinski definition) is 4. The predicted octanol–water partition coefficient (Wildman–Crippen LogP) is 6.77. The van der Waals surface area contributed by atoms with Crippen molar-refractivity contribution < 1.29 is 32.2 Å². The minimum atomic E-state index is -4.85. The summed E-state index contributed by atoms with van der Waals surface area (Å²) in [5.74, 6) is -2.43. The van der Waals surface area contributed by atoms with E-state index in [1.165, 1.54) is 49.6 Å². The van der Waals surface area contributed by atoms with Gasteiger partial charge in [0, 0.05) is 45.6 Å². The van der Waals surface area contributed by atoms with Gasteiger partial charge >= 0.3 is 6.18 Å². The van der Waals surface area contributed by atoms with Crippen LogP contribution in [0.25, 0.3) is 5.69 Å². The molecule has 3 N–H and O–H groups in total. The van der Waals surface area contributed by atoms with Gasteiger partial charge in [-0.1, -0.05) is 29.3 Å². The molecule has 0 unspecified atom stereocenters. The summed E-state index contributed by atoms with van der Waals surface area (Å²) < 4.78 is 60.7. The monoisotopic (exact) mass is 581 g/mol. The van der Waals surface area contributed by atoms with Gasteiger partial charge < -0.3 is 20.5 Å². The third-order valence-electron chi connectivity index (χ3n) is 5.01. The van der Waals surface area contributed by atoms with Gasteiger partial charge in [-0.2, -0.15) is 23.3 Å². The number of methoxy groups -OCH3 is 1. The summed E-state index contributed by atoms with van der Waals surface area (Å²) in [5, 5.41) is 19.1. The summed E-state index contributed by atoms with van der Waals surface area (Å²) in [7, 11) is 1.31. The number of aromatic hydroxyl groups is 1. The maximum atomic E-state index is 14.0. The number of aromatic nitrogens is 2. The van der Waals surface area contributed by atoms with Crippen LogP contribution in [-0.2, 0) is 6.18 Å². The van der Waals surface area contributed by atoms with E-state index in [-0.39, 0.29) is 44.3 Å². The van der Waals surface area contributed by atoms with E-state index >= 15 is 0 Å². The standard InChI is InChI=1S/C25H17Cl2F4N5O3/c1-39-20-10-18(9-19(37)11-20)36-22(12-21(35-36)25(29,30)31)33-24(32-17-7-15(27)6-16(28)8-17)34-23(38)13-3-2-4-14(26)5-13/h2-12,37H,1H3,(H2,32,33,34,38). The number of carbonyl (C=O) groups excluding carboxylic acids is 1. The summed E-state index contributed by atoms with van der Waals surface area (Å²) in [6, 6.07) is 13.6. The Morgan fingerprint density at radius 1 is 1.03 bits per heavy atom. The average molecular weight is 582 g/mol. The van der Waals surface area contributed by atoms with E-state index in [1.807, 2.05) is 0 Å². The number of halogens is 6. The van der Waals surface area contributed by atoms with Gasteiger partial charge in [0.1, 0.15) is 23.1 Å². The predicted molar refractivity (Wildman–Crippen MR) is 139 cm³/mol. The van der Waals surface area contributed by atoms with E-state index < -0.39 is 29.6 Å². The van der Waals surface area contributed by atoms with Crippen LogP contribution in [0.2, 0.25) is 10.0 Å². The van der Waals surface area contributed by atoms with Crippen LogP contribution < -0.4 is 15.4 Å². The second kappa shape index (κ2) is 11.2. The number of alkyl halides is 3. The normalized spacial score (nSPS) is 11.8. The lowest BCUT2D eigenvalue weighted by Gasteiger charge is -2.15. The Morgan fingerprint density at radius 3 is 2.46 bits per heavy atom. The number of hydrogen-bond donors (Lipinski definition) is 3. The molecule has 0 saturated carbocycles. The Labute approximate surface area is 228 Å². The second-order valence-electron chi connectivity index (χ2n) is 7.90. The number of ether oxygens (including phenoxy) is 1. The van der Waals surface area contributed by atoms with E-state index in [4.69, 9.17) is 27.9 Å². The van der Waals surface area contributed by atoms with Crippen LogP contribution in [0.1, 0.15) is 16.1 Å². The van der Waals surface area contributed by atoms with Crippen LogP contribution in [0.15, 0.2) is 71.7 Å². The van der Waals surface area contributed by atoms with Gasteiger partial charge in [0.15, 0.2) is 5.69 Å². The zero-order chi connectivity index (χ0) is 28.3. The van der Waals surface area contributed by atoms with Crippen LogP contribution in [-0.4, -0.2) is 33.9 Å². The molecule has 0 saturated heterocycles. The zero-order valence-corrected chi connectivity index (χ0v) is 21.2. The minimum absolute atomic E-state index is 0.00859. The van der Waals surface area contributed by atoms with Gasteiger partial charge in [-0.15, -0.1) is 0 Å². The number of nitrogens with one attached hydrogen (secondary N) is 2. The van der Waals surface area contributed by atoms with Crippen molar-refractivity contribution in [1.29, 1.82) is 0 Å². The number of anilines is 2. The molecule has 8 nitrogen and oxygen atoms in total. The van der Waals surface area contributed by atoms with Gasteiger partial charge in [-0.3, -0.25) is 4.79 Å². The molecule has 0 atom stereocenters. The van der Waals surface area contributed by atoms with Crippen molar-refractivity contribution in [2.75, 3.05) is 17.7 Å². The van der Waals surface area contributed by atoms with Crippen LogP contribution >= 0.6 is 23.2 Å². The fourth-order valence-electron chi connectivity index (χ4n) is 3.37. The lowest BCUT2D eigenvalue weighted by atomic mass is 10.2. The summed E-state index contributed by atoms with van der Waals surface area (Å²) in [4.78, 5) is 16.8. The first kappa shape index (κ1) is 27.7. The highest BCUT2D eigenvalue weighted by Crippen LogP contribution is 2.33. The third kappa shape index (κ3) is 6.98. The minimum Gasteiger partial charge on any atom is -0.508 e. The first-order valence-corrected chi connectivity index (χ1v) is 11.6. The molecule has 1 amide bonds. The molecule has 0 fully saturated rings. The molecule has 0 radical (unpaired) electrons. The molecule has 4 rings (SSSR count). The molecule has 0 aliphatic heterocycles. The topological polar surface area (TPSA) is 101 Å². The van der Waals surface area contributed by atoms with Gasteiger partial charge in [0.05, 0.1) is 12.8 Å². The van der Waals surface area contributed by atoms with Crippen LogP contribution in [0.5, 0.6) is 11.5 Å². The molecule has 0 spiro atoms. The molecule has 0 aliphatic carbocycles. The Bertz CT molecular complexity index is 1550. The molecular formula is C25H17Cl2F4N5O3. The summed E-state index contributed by atoms with van der Waals surface area (Å²) >= 11 is 11.9. The fraction of sp³-hybridized carbons (Fsp3) is 0.0800. The van der Waals surface area contributed by atoms with Gasteiger partial charge in [0.25, 0.3) is 5.91 Å². The number of aliphatic imine (C=N–C) groups is 1. The number of benzene rings is 3. The summed E-state index contributed by atoms with van der Waals surface area (Å²) in [5.41, 5.74) is -1.20. The Hall–Kier alpha value is -4.29. The van der Waals surface area contributed by atoms with E-state index in [0.29, 0.717) is 6.07 Å². The van der Waals surface area contributed by atoms with Crippen molar-refractivity contribution in [2.45, 2.75) is 6.18 Å². The second-order valence-corrected chi connectivity index (χ2v) is 8.77. The highest BCUT2D eigenvalue weighted by atomic mass is 35.5. The SMILES string of the molecule is COc1cc(O)cc(-n2nc(C(F)(F)F)cc2N/C(=N\C(=O)c2cccc(Cl)c2)Nc2cc(F)cc(Cl)c2)c1. The van der Waals surface area contributed by atoms with E-state index in [1.54, 1.807) is 0 Å². The van der Waals surface area contributed by atoms with Crippen LogP contribution in [0, 0.1) is 5.82 Å². The molecule has 14 heteroatoms. The van der Waals surface area contributed by atoms with Gasteiger partial charge in [0.2, 0.25) is 5.96 Å². The first-order chi connectivity index (χ1) is 18.4. The molecule has 0 bridgehead atoms.